The highest BCUT2D eigenvalue weighted by molar-refractivity contribution is 6.23. The Morgan fingerprint density at radius 3 is 1.63 bits per heavy atom. The lowest BCUT2D eigenvalue weighted by Gasteiger charge is -2.09. The van der Waals surface area contributed by atoms with Crippen LogP contribution in [0.2, 0.25) is 0 Å². The fraction of sp³-hybridized carbons (Fsp3) is 0.500. The van der Waals surface area contributed by atoms with Gasteiger partial charge < -0.3 is 18.6 Å². The zero-order chi connectivity index (χ0) is 21.3. The summed E-state index contributed by atoms with van der Waals surface area (Å²) in [6.45, 7) is 8.71. The Hall–Kier alpha value is -2.23. The van der Waals surface area contributed by atoms with Crippen LogP contribution < -0.4 is 18.6 Å². The van der Waals surface area contributed by atoms with Crippen LogP contribution in [0.4, 0.5) is 0 Å². The fourth-order valence-electron chi connectivity index (χ4n) is 3.91. The quantitative estimate of drug-likeness (QED) is 0.520. The van der Waals surface area contributed by atoms with Gasteiger partial charge in [0.2, 0.25) is 0 Å². The topological polar surface area (TPSA) is 36.9 Å². The van der Waals surface area contributed by atoms with Crippen molar-refractivity contribution in [3.8, 4) is 23.0 Å². The molecule has 158 valence electrons. The maximum absolute atomic E-state index is 5.42. The minimum Gasteiger partial charge on any atom is -0.524 e. The van der Waals surface area contributed by atoms with Crippen LogP contribution in [0.3, 0.4) is 0 Å². The van der Waals surface area contributed by atoms with Crippen LogP contribution in [-0.2, 0) is 25.7 Å². The number of benzene rings is 2. The summed E-state index contributed by atoms with van der Waals surface area (Å²) in [7, 11) is 2.85. The molecule has 0 amide bonds. The van der Waals surface area contributed by atoms with Crippen molar-refractivity contribution in [1.29, 1.82) is 0 Å². The summed E-state index contributed by atoms with van der Waals surface area (Å²) in [5, 5.41) is 0. The summed E-state index contributed by atoms with van der Waals surface area (Å²) in [6, 6.07) is 8.65. The van der Waals surface area contributed by atoms with Crippen molar-refractivity contribution in [2.75, 3.05) is 0 Å². The highest BCUT2D eigenvalue weighted by atomic mass is 16.6. The normalized spacial score (nSPS) is 12.7. The van der Waals surface area contributed by atoms with Gasteiger partial charge in [0.1, 0.15) is 23.0 Å². The molecule has 4 nitrogen and oxygen atoms in total. The predicted molar refractivity (Wildman–Crippen MR) is 123 cm³/mol. The van der Waals surface area contributed by atoms with Crippen molar-refractivity contribution in [3.05, 3.63) is 46.5 Å². The molecule has 30 heavy (non-hydrogen) atoms. The van der Waals surface area contributed by atoms with E-state index in [0.29, 0.717) is 0 Å². The van der Waals surface area contributed by atoms with Crippen LogP contribution in [0.25, 0.3) is 0 Å². The molecular formula is C24H32B2O4. The Morgan fingerprint density at radius 1 is 0.567 bits per heavy atom. The minimum absolute atomic E-state index is 0.879. The highest BCUT2D eigenvalue weighted by Crippen LogP contribution is 2.39. The summed E-state index contributed by atoms with van der Waals surface area (Å²) in [5.41, 5.74) is 5.12. The van der Waals surface area contributed by atoms with Crippen molar-refractivity contribution >= 4 is 15.4 Å². The van der Waals surface area contributed by atoms with Gasteiger partial charge in [-0.3, -0.25) is 0 Å². The molecule has 2 radical (unpaired) electrons. The van der Waals surface area contributed by atoms with E-state index in [9.17, 15) is 0 Å². The summed E-state index contributed by atoms with van der Waals surface area (Å²) in [6.07, 6.45) is 8.80. The van der Waals surface area contributed by atoms with Gasteiger partial charge in [-0.2, -0.15) is 0 Å². The lowest BCUT2D eigenvalue weighted by molar-refractivity contribution is 0.536. The zero-order valence-electron chi connectivity index (χ0n) is 18.8. The molecule has 0 N–H and O–H groups in total. The van der Waals surface area contributed by atoms with E-state index in [2.05, 4.69) is 52.0 Å². The van der Waals surface area contributed by atoms with Crippen molar-refractivity contribution in [2.45, 2.75) is 79.1 Å². The van der Waals surface area contributed by atoms with Crippen LogP contribution in [0.5, 0.6) is 23.0 Å². The lowest BCUT2D eigenvalue weighted by atomic mass is 10.0. The Labute approximate surface area is 182 Å². The molecule has 0 bridgehead atoms. The average Bonchev–Trinajstić information content (AvgIpc) is 3.41. The molecule has 2 aliphatic rings. The van der Waals surface area contributed by atoms with Crippen LogP contribution in [0, 0.1) is 0 Å². The van der Waals surface area contributed by atoms with E-state index in [0.717, 1.165) is 74.4 Å². The summed E-state index contributed by atoms with van der Waals surface area (Å²) < 4.78 is 21.5. The molecule has 0 fully saturated rings. The van der Waals surface area contributed by atoms with Crippen molar-refractivity contribution in [2.24, 2.45) is 0 Å². The van der Waals surface area contributed by atoms with Gasteiger partial charge in [0.25, 0.3) is 0 Å². The first-order valence-electron chi connectivity index (χ1n) is 11.3. The summed E-state index contributed by atoms with van der Waals surface area (Å²) >= 11 is 0. The van der Waals surface area contributed by atoms with E-state index in [-0.39, 0.29) is 0 Å². The van der Waals surface area contributed by atoms with Gasteiger partial charge in [-0.1, -0.05) is 71.6 Å². The van der Waals surface area contributed by atoms with E-state index in [4.69, 9.17) is 18.6 Å². The van der Waals surface area contributed by atoms with Crippen LogP contribution in [-0.4, -0.2) is 15.4 Å². The monoisotopic (exact) mass is 406 g/mol. The molecule has 2 heterocycles. The molecule has 0 unspecified atom stereocenters. The first kappa shape index (κ1) is 22.5. The molecule has 0 aliphatic carbocycles. The van der Waals surface area contributed by atoms with Gasteiger partial charge in [0.05, 0.1) is 0 Å². The van der Waals surface area contributed by atoms with E-state index < -0.39 is 0 Å². The molecule has 0 aromatic heterocycles. The van der Waals surface area contributed by atoms with Crippen molar-refractivity contribution in [3.63, 3.8) is 0 Å². The molecule has 0 saturated carbocycles. The first-order valence-corrected chi connectivity index (χ1v) is 11.3. The highest BCUT2D eigenvalue weighted by Gasteiger charge is 2.23. The largest absolute Gasteiger partial charge is 0.658 e. The minimum atomic E-state index is 0.879. The van der Waals surface area contributed by atoms with Crippen molar-refractivity contribution < 1.29 is 18.6 Å². The smallest absolute Gasteiger partial charge is 0.524 e. The first-order chi connectivity index (χ1) is 14.7. The van der Waals surface area contributed by atoms with Gasteiger partial charge in [-0.15, -0.1) is 0 Å². The predicted octanol–water partition coefficient (Wildman–Crippen LogP) is 5.79. The summed E-state index contributed by atoms with van der Waals surface area (Å²) in [4.78, 5) is 0. The van der Waals surface area contributed by atoms with Gasteiger partial charge in [-0.05, 0) is 54.0 Å². The average molecular weight is 406 g/mol. The molecule has 0 spiro atoms. The molecule has 6 heteroatoms. The molecule has 2 aromatic carbocycles. The van der Waals surface area contributed by atoms with Crippen molar-refractivity contribution in [1.82, 2.24) is 0 Å². The second kappa shape index (κ2) is 11.2. The molecule has 4 rings (SSSR count). The van der Waals surface area contributed by atoms with E-state index in [1.807, 2.05) is 0 Å². The third-order valence-corrected chi connectivity index (χ3v) is 5.24. The number of fused-ring (bicyclic) bond motifs is 2. The van der Waals surface area contributed by atoms with Crippen LogP contribution in [0.1, 0.15) is 75.6 Å². The van der Waals surface area contributed by atoms with Gasteiger partial charge in [0, 0.05) is 0 Å². The fourth-order valence-corrected chi connectivity index (χ4v) is 3.91. The second-order valence-corrected chi connectivity index (χ2v) is 7.79. The maximum atomic E-state index is 5.42. The third kappa shape index (κ3) is 5.27. The Bertz CT molecular complexity index is 805. The summed E-state index contributed by atoms with van der Waals surface area (Å²) in [5.74, 6) is 3.66. The molecule has 0 atom stereocenters. The van der Waals surface area contributed by atoms with Gasteiger partial charge >= 0.3 is 15.4 Å². The molecular weight excluding hydrogens is 374 g/mol. The second-order valence-electron chi connectivity index (χ2n) is 7.79. The maximum Gasteiger partial charge on any atom is 0.658 e. The molecule has 2 aliphatic heterocycles. The van der Waals surface area contributed by atoms with Crippen LogP contribution >= 0.6 is 0 Å². The van der Waals surface area contributed by atoms with Crippen LogP contribution in [0.15, 0.2) is 24.3 Å². The Kier molecular flexibility index (Phi) is 8.41. The number of hydrogen-bond acceptors (Lipinski definition) is 4. The van der Waals surface area contributed by atoms with E-state index in [1.165, 1.54) is 37.6 Å². The number of hydrogen-bond donors (Lipinski definition) is 0. The Morgan fingerprint density at radius 2 is 1.07 bits per heavy atom. The van der Waals surface area contributed by atoms with Gasteiger partial charge in [-0.25, -0.2) is 0 Å². The molecule has 0 saturated heterocycles. The zero-order valence-corrected chi connectivity index (χ0v) is 18.8. The number of rotatable bonds is 8. The number of aryl methyl sites for hydroxylation is 4. The van der Waals surface area contributed by atoms with E-state index in [1.54, 1.807) is 0 Å². The SMILES string of the molecule is CCCc1cc(CCC)c2c(c1)O[B]O2.CCCc1ccc(CCC)c2c1O[B]O2. The Balaban J connectivity index is 0.000000171. The molecule has 2 aromatic rings. The standard InChI is InChI=1S/2C12H16BO2/c1-3-5-9-7-10(6-4-2)12-11(8-9)14-13-15-12;1-3-5-9-7-8-10(6-4-2)12-11(9)14-13-15-12/h2*7-8H,3-6H2,1-2H3. The van der Waals surface area contributed by atoms with E-state index >= 15 is 0 Å². The lowest BCUT2D eigenvalue weighted by Crippen LogP contribution is -2.01. The van der Waals surface area contributed by atoms with Gasteiger partial charge in [0.15, 0.2) is 0 Å². The third-order valence-electron chi connectivity index (χ3n) is 5.24.